The van der Waals surface area contributed by atoms with E-state index >= 15 is 0 Å². The van der Waals surface area contributed by atoms with Crippen molar-refractivity contribution in [2.45, 2.75) is 25.9 Å². The van der Waals surface area contributed by atoms with Crippen molar-refractivity contribution in [2.75, 3.05) is 44.1 Å². The molecule has 34 heavy (non-hydrogen) atoms. The molecule has 0 aliphatic carbocycles. The summed E-state index contributed by atoms with van der Waals surface area (Å²) >= 11 is 11.9. The summed E-state index contributed by atoms with van der Waals surface area (Å²) in [5.74, 6) is 1.32. The van der Waals surface area contributed by atoms with Gasteiger partial charge in [0.15, 0.2) is 0 Å². The van der Waals surface area contributed by atoms with Crippen LogP contribution in [0.15, 0.2) is 53.3 Å². The Morgan fingerprint density at radius 1 is 1.09 bits per heavy atom. The Bertz CT molecular complexity index is 1180. The number of nitrogens with zero attached hydrogens (tertiary/aromatic N) is 4. The minimum atomic E-state index is -0.0517. The van der Waals surface area contributed by atoms with E-state index in [-0.39, 0.29) is 11.6 Å². The van der Waals surface area contributed by atoms with E-state index < -0.39 is 0 Å². The molecule has 0 spiro atoms. The standard InChI is InChI=1S/C25H29Cl2N5O2/c1-17(18-4-6-19(26)7-5-18)28-25-29-23-12-13-31(16-22(23)24(33)32(25)30(2)3)14-15-34-21-10-8-20(27)9-11-21/h4-11,17H,12-16H2,1-3H3,(H,28,29)/t17-/m0/s1. The first kappa shape index (κ1) is 24.4. The van der Waals surface area contributed by atoms with Gasteiger partial charge in [-0.15, -0.1) is 0 Å². The van der Waals surface area contributed by atoms with Crippen LogP contribution in [0.4, 0.5) is 5.95 Å². The molecule has 0 saturated heterocycles. The summed E-state index contributed by atoms with van der Waals surface area (Å²) in [6, 6.07) is 14.9. The molecule has 180 valence electrons. The molecule has 0 fully saturated rings. The summed E-state index contributed by atoms with van der Waals surface area (Å²) in [5, 5.41) is 6.54. The van der Waals surface area contributed by atoms with Gasteiger partial charge in [0.1, 0.15) is 12.4 Å². The van der Waals surface area contributed by atoms with Crippen molar-refractivity contribution in [2.24, 2.45) is 0 Å². The number of rotatable bonds is 8. The van der Waals surface area contributed by atoms with Gasteiger partial charge in [-0.25, -0.2) is 4.98 Å². The molecule has 0 saturated carbocycles. The lowest BCUT2D eigenvalue weighted by molar-refractivity contribution is 0.194. The predicted molar refractivity (Wildman–Crippen MR) is 138 cm³/mol. The first-order chi connectivity index (χ1) is 16.3. The molecule has 2 heterocycles. The highest BCUT2D eigenvalue weighted by Gasteiger charge is 2.25. The Morgan fingerprint density at radius 3 is 2.38 bits per heavy atom. The zero-order valence-electron chi connectivity index (χ0n) is 19.6. The number of fused-ring (bicyclic) bond motifs is 1. The van der Waals surface area contributed by atoms with Crippen LogP contribution in [0.1, 0.15) is 29.8 Å². The van der Waals surface area contributed by atoms with Gasteiger partial charge in [0.05, 0.1) is 17.3 Å². The first-order valence-corrected chi connectivity index (χ1v) is 12.0. The van der Waals surface area contributed by atoms with E-state index in [1.165, 1.54) is 0 Å². The van der Waals surface area contributed by atoms with Crippen molar-refractivity contribution in [1.82, 2.24) is 14.6 Å². The summed E-state index contributed by atoms with van der Waals surface area (Å²) < 4.78 is 7.43. The molecule has 1 atom stereocenters. The second kappa shape index (κ2) is 10.7. The molecular weight excluding hydrogens is 473 g/mol. The largest absolute Gasteiger partial charge is 0.492 e. The van der Waals surface area contributed by atoms with Crippen LogP contribution in [-0.4, -0.2) is 48.4 Å². The van der Waals surface area contributed by atoms with Crippen molar-refractivity contribution in [3.8, 4) is 5.75 Å². The van der Waals surface area contributed by atoms with Crippen LogP contribution in [0.5, 0.6) is 5.75 Å². The van der Waals surface area contributed by atoms with Crippen LogP contribution >= 0.6 is 23.2 Å². The maximum atomic E-state index is 13.5. The van der Waals surface area contributed by atoms with Crippen molar-refractivity contribution >= 4 is 29.2 Å². The van der Waals surface area contributed by atoms with Gasteiger partial charge in [0.2, 0.25) is 5.95 Å². The average molecular weight is 502 g/mol. The Hall–Kier alpha value is -2.74. The van der Waals surface area contributed by atoms with Gasteiger partial charge in [-0.1, -0.05) is 35.3 Å². The molecular formula is C25H29Cl2N5O2. The molecule has 0 amide bonds. The van der Waals surface area contributed by atoms with Crippen LogP contribution in [-0.2, 0) is 13.0 Å². The maximum absolute atomic E-state index is 13.5. The lowest BCUT2D eigenvalue weighted by Gasteiger charge is -2.30. The Morgan fingerprint density at radius 2 is 1.74 bits per heavy atom. The zero-order chi connectivity index (χ0) is 24.2. The number of nitrogens with one attached hydrogen (secondary N) is 1. The fourth-order valence-corrected chi connectivity index (χ4v) is 4.28. The third-order valence-electron chi connectivity index (χ3n) is 5.89. The molecule has 0 unspecified atom stereocenters. The second-order valence-electron chi connectivity index (χ2n) is 8.57. The number of ether oxygens (including phenoxy) is 1. The van der Waals surface area contributed by atoms with Crippen molar-refractivity contribution in [1.29, 1.82) is 0 Å². The quantitative estimate of drug-likeness (QED) is 0.494. The number of halogens is 2. The van der Waals surface area contributed by atoms with Gasteiger partial charge in [-0.3, -0.25) is 9.69 Å². The van der Waals surface area contributed by atoms with Crippen LogP contribution in [0.3, 0.4) is 0 Å². The molecule has 1 N–H and O–H groups in total. The normalized spacial score (nSPS) is 14.4. The smallest absolute Gasteiger partial charge is 0.278 e. The van der Waals surface area contributed by atoms with Crippen molar-refractivity contribution < 1.29 is 4.74 Å². The first-order valence-electron chi connectivity index (χ1n) is 11.3. The fraction of sp³-hybridized carbons (Fsp3) is 0.360. The number of aromatic nitrogens is 2. The summed E-state index contributed by atoms with van der Waals surface area (Å²) in [6.45, 7) is 4.66. The Kier molecular flexibility index (Phi) is 7.66. The monoisotopic (exact) mass is 501 g/mol. The SMILES string of the molecule is C[C@H](Nc1nc2c(c(=O)n1N(C)C)CN(CCOc1ccc(Cl)cc1)CC2)c1ccc(Cl)cc1. The third kappa shape index (κ3) is 5.66. The lowest BCUT2D eigenvalue weighted by Crippen LogP contribution is -2.45. The third-order valence-corrected chi connectivity index (χ3v) is 6.40. The number of benzene rings is 2. The second-order valence-corrected chi connectivity index (χ2v) is 9.44. The van der Waals surface area contributed by atoms with Gasteiger partial charge < -0.3 is 15.1 Å². The van der Waals surface area contributed by atoms with Gasteiger partial charge in [-0.2, -0.15) is 4.68 Å². The van der Waals surface area contributed by atoms with E-state index in [4.69, 9.17) is 32.9 Å². The molecule has 2 aromatic carbocycles. The van der Waals surface area contributed by atoms with E-state index in [2.05, 4.69) is 10.2 Å². The van der Waals surface area contributed by atoms with Gasteiger partial charge >= 0.3 is 0 Å². The maximum Gasteiger partial charge on any atom is 0.278 e. The molecule has 4 rings (SSSR count). The van der Waals surface area contributed by atoms with E-state index in [0.29, 0.717) is 35.6 Å². The molecule has 7 nitrogen and oxygen atoms in total. The van der Waals surface area contributed by atoms with E-state index in [0.717, 1.165) is 35.7 Å². The van der Waals surface area contributed by atoms with Crippen LogP contribution in [0.2, 0.25) is 10.0 Å². The topological polar surface area (TPSA) is 62.6 Å². The highest BCUT2D eigenvalue weighted by molar-refractivity contribution is 6.30. The molecule has 0 bridgehead atoms. The van der Waals surface area contributed by atoms with E-state index in [1.54, 1.807) is 9.69 Å². The Labute approximate surface area is 209 Å². The molecule has 1 aliphatic heterocycles. The lowest BCUT2D eigenvalue weighted by atomic mass is 10.1. The fourth-order valence-electron chi connectivity index (χ4n) is 4.03. The summed E-state index contributed by atoms with van der Waals surface area (Å²) in [6.07, 6.45) is 0.712. The summed E-state index contributed by atoms with van der Waals surface area (Å²) in [4.78, 5) is 20.6. The van der Waals surface area contributed by atoms with Gasteiger partial charge in [0, 0.05) is 50.2 Å². The van der Waals surface area contributed by atoms with E-state index in [9.17, 15) is 4.79 Å². The van der Waals surface area contributed by atoms with Gasteiger partial charge in [-0.05, 0) is 48.9 Å². The Balaban J connectivity index is 1.48. The number of hydrogen-bond acceptors (Lipinski definition) is 6. The molecule has 1 aromatic heterocycles. The molecule has 0 radical (unpaired) electrons. The van der Waals surface area contributed by atoms with Crippen LogP contribution in [0.25, 0.3) is 0 Å². The average Bonchev–Trinajstić information content (AvgIpc) is 2.81. The highest BCUT2D eigenvalue weighted by atomic mass is 35.5. The number of hydrogen-bond donors (Lipinski definition) is 1. The van der Waals surface area contributed by atoms with Gasteiger partial charge in [0.25, 0.3) is 5.56 Å². The molecule has 9 heteroatoms. The van der Waals surface area contributed by atoms with Crippen molar-refractivity contribution in [3.63, 3.8) is 0 Å². The molecule has 3 aromatic rings. The predicted octanol–water partition coefficient (Wildman–Crippen LogP) is 4.36. The zero-order valence-corrected chi connectivity index (χ0v) is 21.1. The van der Waals surface area contributed by atoms with Crippen molar-refractivity contribution in [3.05, 3.63) is 85.8 Å². The minimum Gasteiger partial charge on any atom is -0.492 e. The highest BCUT2D eigenvalue weighted by Crippen LogP contribution is 2.22. The summed E-state index contributed by atoms with van der Waals surface area (Å²) in [5.41, 5.74) is 2.59. The van der Waals surface area contributed by atoms with E-state index in [1.807, 2.05) is 69.6 Å². The van der Waals surface area contributed by atoms with Crippen LogP contribution < -0.4 is 20.6 Å². The summed E-state index contributed by atoms with van der Waals surface area (Å²) in [7, 11) is 3.68. The molecule has 1 aliphatic rings. The number of anilines is 1. The van der Waals surface area contributed by atoms with Crippen LogP contribution in [0, 0.1) is 0 Å². The minimum absolute atomic E-state index is 0.0430.